The number of benzene rings is 2. The van der Waals surface area contributed by atoms with Crippen LogP contribution in [0.3, 0.4) is 0 Å². The van der Waals surface area contributed by atoms with Crippen LogP contribution >= 0.6 is 11.6 Å². The Balaban J connectivity index is 1.66. The fourth-order valence-corrected chi connectivity index (χ4v) is 2.52. The molecule has 3 rings (SSSR count). The van der Waals surface area contributed by atoms with Gasteiger partial charge >= 0.3 is 0 Å². The number of ether oxygens (including phenoxy) is 1. The normalized spacial score (nSPS) is 13.8. The number of rotatable bonds is 6. The Kier molecular flexibility index (Phi) is 5.02. The van der Waals surface area contributed by atoms with Crippen LogP contribution in [0.2, 0.25) is 5.02 Å². The maximum absolute atomic E-state index is 12.1. The van der Waals surface area contributed by atoms with E-state index in [1.807, 2.05) is 0 Å². The summed E-state index contributed by atoms with van der Waals surface area (Å²) >= 11 is 5.92. The van der Waals surface area contributed by atoms with Crippen molar-refractivity contribution in [3.8, 4) is 11.5 Å². The summed E-state index contributed by atoms with van der Waals surface area (Å²) in [6, 6.07) is 14.0. The number of nitrogens with zero attached hydrogens (tertiary/aromatic N) is 1. The number of aliphatic hydroxyl groups excluding tert-OH is 1. The van der Waals surface area contributed by atoms with Crippen LogP contribution in [-0.4, -0.2) is 35.0 Å². The SMILES string of the molecule is O=C1C=C(Nc2ccc(Oc3cccc(Cl)c3)cc2)C(=O)N1CCO. The third kappa shape index (κ3) is 3.99. The average Bonchev–Trinajstić information content (AvgIpc) is 2.85. The van der Waals surface area contributed by atoms with Gasteiger partial charge < -0.3 is 15.2 Å². The van der Waals surface area contributed by atoms with Crippen LogP contribution in [0.1, 0.15) is 0 Å². The summed E-state index contributed by atoms with van der Waals surface area (Å²) < 4.78 is 5.69. The van der Waals surface area contributed by atoms with Crippen molar-refractivity contribution in [1.29, 1.82) is 0 Å². The molecule has 0 radical (unpaired) electrons. The number of hydrogen-bond acceptors (Lipinski definition) is 5. The largest absolute Gasteiger partial charge is 0.457 e. The van der Waals surface area contributed by atoms with E-state index in [4.69, 9.17) is 21.4 Å². The Labute approximate surface area is 149 Å². The molecule has 1 aliphatic rings. The lowest BCUT2D eigenvalue weighted by Crippen LogP contribution is -2.34. The van der Waals surface area contributed by atoms with Crippen molar-refractivity contribution in [3.63, 3.8) is 0 Å². The number of nitrogens with one attached hydrogen (secondary N) is 1. The molecule has 0 atom stereocenters. The van der Waals surface area contributed by atoms with Crippen molar-refractivity contribution < 1.29 is 19.4 Å². The quantitative estimate of drug-likeness (QED) is 0.776. The lowest BCUT2D eigenvalue weighted by Gasteiger charge is -2.13. The van der Waals surface area contributed by atoms with Crippen LogP contribution in [0.15, 0.2) is 60.3 Å². The van der Waals surface area contributed by atoms with Crippen LogP contribution in [-0.2, 0) is 9.59 Å². The smallest absolute Gasteiger partial charge is 0.277 e. The first-order chi connectivity index (χ1) is 12.1. The van der Waals surface area contributed by atoms with Crippen LogP contribution in [0.25, 0.3) is 0 Å². The van der Waals surface area contributed by atoms with Gasteiger partial charge in [0.2, 0.25) is 0 Å². The molecule has 0 saturated carbocycles. The Hall–Kier alpha value is -2.83. The summed E-state index contributed by atoms with van der Waals surface area (Å²) in [6.07, 6.45) is 1.22. The van der Waals surface area contributed by atoms with Gasteiger partial charge in [-0.25, -0.2) is 0 Å². The van der Waals surface area contributed by atoms with Crippen molar-refractivity contribution in [2.45, 2.75) is 0 Å². The molecular weight excluding hydrogens is 344 g/mol. The Morgan fingerprint density at radius 3 is 2.52 bits per heavy atom. The van der Waals surface area contributed by atoms with E-state index in [0.29, 0.717) is 22.2 Å². The molecule has 6 nitrogen and oxygen atoms in total. The van der Waals surface area contributed by atoms with Gasteiger partial charge in [-0.3, -0.25) is 14.5 Å². The van der Waals surface area contributed by atoms with Crippen molar-refractivity contribution in [2.75, 3.05) is 18.5 Å². The molecule has 0 saturated heterocycles. The highest BCUT2D eigenvalue weighted by Gasteiger charge is 2.30. The highest BCUT2D eigenvalue weighted by molar-refractivity contribution is 6.30. The molecular formula is C18H15ClN2O4. The second-order valence-electron chi connectivity index (χ2n) is 5.29. The molecule has 128 valence electrons. The van der Waals surface area contributed by atoms with Gasteiger partial charge in [0, 0.05) is 16.8 Å². The van der Waals surface area contributed by atoms with E-state index in [9.17, 15) is 9.59 Å². The first-order valence-corrected chi connectivity index (χ1v) is 7.93. The molecule has 2 amide bonds. The van der Waals surface area contributed by atoms with Crippen molar-refractivity contribution in [1.82, 2.24) is 4.90 Å². The lowest BCUT2D eigenvalue weighted by molar-refractivity contribution is -0.137. The summed E-state index contributed by atoms with van der Waals surface area (Å²) in [6.45, 7) is -0.292. The molecule has 0 unspecified atom stereocenters. The summed E-state index contributed by atoms with van der Waals surface area (Å²) in [5.74, 6) is 0.324. The number of β-amino-alcohol motifs (C(OH)–C–C–N with tert-alkyl or cyclic N) is 1. The van der Waals surface area contributed by atoms with Crippen LogP contribution in [0.5, 0.6) is 11.5 Å². The van der Waals surface area contributed by atoms with Gasteiger partial charge in [0.05, 0.1) is 13.2 Å². The highest BCUT2D eigenvalue weighted by Crippen LogP contribution is 2.26. The van der Waals surface area contributed by atoms with E-state index in [-0.39, 0.29) is 18.8 Å². The number of carbonyl (C=O) groups excluding carboxylic acids is 2. The van der Waals surface area contributed by atoms with Gasteiger partial charge in [0.15, 0.2) is 0 Å². The standard InChI is InChI=1S/C18H15ClN2O4/c19-12-2-1-3-15(10-12)25-14-6-4-13(5-7-14)20-16-11-17(23)21(8-9-22)18(16)24/h1-7,10-11,20,22H,8-9H2. The van der Waals surface area contributed by atoms with E-state index in [1.54, 1.807) is 48.5 Å². The summed E-state index contributed by atoms with van der Waals surface area (Å²) in [5, 5.41) is 12.4. The monoisotopic (exact) mass is 358 g/mol. The molecule has 0 fully saturated rings. The molecule has 0 spiro atoms. The van der Waals surface area contributed by atoms with Gasteiger partial charge in [0.25, 0.3) is 11.8 Å². The molecule has 2 aromatic rings. The van der Waals surface area contributed by atoms with E-state index in [2.05, 4.69) is 5.32 Å². The Morgan fingerprint density at radius 2 is 1.84 bits per heavy atom. The fraction of sp³-hybridized carbons (Fsp3) is 0.111. The third-order valence-electron chi connectivity index (χ3n) is 3.50. The van der Waals surface area contributed by atoms with Gasteiger partial charge in [-0.2, -0.15) is 0 Å². The maximum atomic E-state index is 12.1. The van der Waals surface area contributed by atoms with E-state index in [0.717, 1.165) is 4.90 Å². The van der Waals surface area contributed by atoms with Gasteiger partial charge in [-0.05, 0) is 42.5 Å². The first kappa shape index (κ1) is 17.0. The Morgan fingerprint density at radius 1 is 1.08 bits per heavy atom. The van der Waals surface area contributed by atoms with E-state index >= 15 is 0 Å². The fourth-order valence-electron chi connectivity index (χ4n) is 2.34. The number of imide groups is 1. The Bertz CT molecular complexity index is 833. The summed E-state index contributed by atoms with van der Waals surface area (Å²) in [5.41, 5.74) is 0.804. The molecule has 1 heterocycles. The first-order valence-electron chi connectivity index (χ1n) is 7.56. The second-order valence-corrected chi connectivity index (χ2v) is 5.72. The number of anilines is 1. The van der Waals surface area contributed by atoms with Gasteiger partial charge in [0.1, 0.15) is 17.2 Å². The molecule has 0 aromatic heterocycles. The molecule has 7 heteroatoms. The lowest BCUT2D eigenvalue weighted by atomic mass is 10.2. The van der Waals surface area contributed by atoms with Crippen molar-refractivity contribution in [3.05, 3.63) is 65.3 Å². The minimum atomic E-state index is -0.460. The molecule has 0 aliphatic carbocycles. The number of amides is 2. The van der Waals surface area contributed by atoms with E-state index < -0.39 is 11.8 Å². The minimum Gasteiger partial charge on any atom is -0.457 e. The van der Waals surface area contributed by atoms with E-state index in [1.165, 1.54) is 6.08 Å². The zero-order valence-corrected chi connectivity index (χ0v) is 13.9. The van der Waals surface area contributed by atoms with Crippen LogP contribution in [0.4, 0.5) is 5.69 Å². The third-order valence-corrected chi connectivity index (χ3v) is 3.73. The molecule has 2 aromatic carbocycles. The van der Waals surface area contributed by atoms with Crippen molar-refractivity contribution in [2.24, 2.45) is 0 Å². The van der Waals surface area contributed by atoms with Crippen LogP contribution in [0, 0.1) is 0 Å². The predicted molar refractivity (Wildman–Crippen MR) is 93.5 cm³/mol. The molecule has 25 heavy (non-hydrogen) atoms. The number of hydrogen-bond donors (Lipinski definition) is 2. The van der Waals surface area contributed by atoms with Gasteiger partial charge in [-0.15, -0.1) is 0 Å². The number of aliphatic hydroxyl groups is 1. The number of carbonyl (C=O) groups is 2. The maximum Gasteiger partial charge on any atom is 0.277 e. The minimum absolute atomic E-state index is 0.0221. The second kappa shape index (κ2) is 7.38. The molecule has 0 bridgehead atoms. The number of halogens is 1. The zero-order valence-electron chi connectivity index (χ0n) is 13.1. The van der Waals surface area contributed by atoms with Gasteiger partial charge in [-0.1, -0.05) is 17.7 Å². The topological polar surface area (TPSA) is 78.9 Å². The average molecular weight is 359 g/mol. The van der Waals surface area contributed by atoms with Crippen LogP contribution < -0.4 is 10.1 Å². The zero-order chi connectivity index (χ0) is 17.8. The van der Waals surface area contributed by atoms with Crippen molar-refractivity contribution >= 4 is 29.1 Å². The predicted octanol–water partition coefficient (Wildman–Crippen LogP) is 2.79. The summed E-state index contributed by atoms with van der Waals surface area (Å²) in [7, 11) is 0. The molecule has 2 N–H and O–H groups in total. The summed E-state index contributed by atoms with van der Waals surface area (Å²) in [4.78, 5) is 24.8. The molecule has 1 aliphatic heterocycles. The highest BCUT2D eigenvalue weighted by atomic mass is 35.5.